The van der Waals surface area contributed by atoms with Gasteiger partial charge in [-0.05, 0) is 85.6 Å². The van der Waals surface area contributed by atoms with Gasteiger partial charge < -0.3 is 4.85 Å². The van der Waals surface area contributed by atoms with Crippen molar-refractivity contribution in [2.24, 2.45) is 9.98 Å². The van der Waals surface area contributed by atoms with Crippen molar-refractivity contribution in [2.75, 3.05) is 7.05 Å². The minimum Gasteiger partial charge on any atom is -0.320 e. The molecule has 0 aliphatic heterocycles. The van der Waals surface area contributed by atoms with Crippen LogP contribution in [0.5, 0.6) is 0 Å². The molecule has 55 heavy (non-hydrogen) atoms. The van der Waals surface area contributed by atoms with Gasteiger partial charge in [-0.25, -0.2) is 6.57 Å². The zero-order chi connectivity index (χ0) is 37.8. The molecule has 0 amide bonds. The van der Waals surface area contributed by atoms with Crippen molar-refractivity contribution in [1.29, 1.82) is 5.26 Å². The molecular weight excluding hydrogens is 750 g/mol. The number of aliphatic imine (C=N–C) groups is 2. The number of hydrogen-bond donors (Lipinski definition) is 0. The van der Waals surface area contributed by atoms with E-state index in [2.05, 4.69) is 187 Å². The topological polar surface area (TPSA) is 52.9 Å². The van der Waals surface area contributed by atoms with E-state index in [9.17, 15) is 0 Å². The second-order valence-electron chi connectivity index (χ2n) is 12.8. The van der Waals surface area contributed by atoms with E-state index >= 15 is 0 Å². The summed E-state index contributed by atoms with van der Waals surface area (Å²) in [5.41, 5.74) is 2.44. The quantitative estimate of drug-likeness (QED) is 0.0594. The molecule has 0 N–H and O–H groups in total. The van der Waals surface area contributed by atoms with Crippen LogP contribution in [0, 0.1) is 17.9 Å². The predicted octanol–water partition coefficient (Wildman–Crippen LogP) is 8.58. The number of benzene rings is 6. The van der Waals surface area contributed by atoms with E-state index in [1.165, 1.54) is 69.8 Å². The largest absolute Gasteiger partial charge is 0.320 e. The molecule has 6 aromatic rings. The summed E-state index contributed by atoms with van der Waals surface area (Å²) in [6.45, 7) is 7.26. The van der Waals surface area contributed by atoms with Crippen molar-refractivity contribution < 1.29 is 17.1 Å². The van der Waals surface area contributed by atoms with Crippen LogP contribution in [0.2, 0.25) is 0 Å². The van der Waals surface area contributed by atoms with E-state index in [0.717, 1.165) is 12.8 Å². The van der Waals surface area contributed by atoms with Gasteiger partial charge in [0.2, 0.25) is 7.05 Å². The first-order chi connectivity index (χ1) is 26.7. The van der Waals surface area contributed by atoms with Gasteiger partial charge >= 0.3 is 0 Å². The molecule has 7 rings (SSSR count). The predicted molar refractivity (Wildman–Crippen MR) is 238 cm³/mol. The number of nitrogens with zero attached hydrogens (tertiary/aromatic N) is 4. The fourth-order valence-electron chi connectivity index (χ4n) is 6.84. The summed E-state index contributed by atoms with van der Waals surface area (Å²) in [7, 11) is -0.972. The van der Waals surface area contributed by atoms with Gasteiger partial charge in [-0.3, -0.25) is 9.98 Å². The normalized spacial score (nSPS) is 14.8. The maximum Gasteiger partial charge on any atom is 0.205 e. The third-order valence-electron chi connectivity index (χ3n) is 9.21. The van der Waals surface area contributed by atoms with E-state index in [1.807, 2.05) is 0 Å². The first kappa shape index (κ1) is 42.8. The Morgan fingerprint density at radius 1 is 0.545 bits per heavy atom. The van der Waals surface area contributed by atoms with E-state index in [0.29, 0.717) is 0 Å². The summed E-state index contributed by atoms with van der Waals surface area (Å²) in [5, 5.41) is 15.6. The molecule has 6 aromatic carbocycles. The number of hydrogen-bond acceptors (Lipinski definition) is 3. The molecule has 1 aliphatic rings. The summed E-state index contributed by atoms with van der Waals surface area (Å²) in [4.78, 5) is 13.4. The summed E-state index contributed by atoms with van der Waals surface area (Å²) in [6.07, 6.45) is 8.85. The van der Waals surface area contributed by atoms with Crippen LogP contribution in [-0.2, 0) is 17.1 Å². The van der Waals surface area contributed by atoms with Crippen molar-refractivity contribution in [3.05, 3.63) is 192 Å². The fourth-order valence-corrected chi connectivity index (χ4v) is 12.3. The Kier molecular flexibility index (Phi) is 18.4. The van der Waals surface area contributed by atoms with Crippen molar-refractivity contribution in [1.82, 2.24) is 0 Å². The second kappa shape index (κ2) is 23.7. The monoisotopic (exact) mass is 798 g/mol. The third-order valence-corrected chi connectivity index (χ3v) is 14.8. The Hall–Kier alpha value is -4.98. The summed E-state index contributed by atoms with van der Waals surface area (Å²) >= 11 is 0. The summed E-state index contributed by atoms with van der Waals surface area (Å²) in [6, 6.07) is 63.8. The van der Waals surface area contributed by atoms with Gasteiger partial charge in [0.15, 0.2) is 0 Å². The SMILES string of the molecule is C(=NC1CCCCC1N=Cc1ccccc1[PH+](c1ccccc1)c1ccccc1)c1ccccc1[PH+](c1ccccc1)c1ccccc1.CC#N.[C-]#[N+]C.[Fe]. The van der Waals surface area contributed by atoms with E-state index in [-0.39, 0.29) is 29.2 Å². The molecule has 2 atom stereocenters. The van der Waals surface area contributed by atoms with E-state index in [1.54, 1.807) is 6.07 Å². The molecule has 276 valence electrons. The van der Waals surface area contributed by atoms with Crippen LogP contribution in [0.25, 0.3) is 4.85 Å². The second-order valence-corrected chi connectivity index (χ2v) is 17.7. The van der Waals surface area contributed by atoms with Crippen molar-refractivity contribution in [3.8, 4) is 6.07 Å². The maximum absolute atomic E-state index is 7.32. The minimum absolute atomic E-state index is 0. The average Bonchev–Trinajstić information content (AvgIpc) is 3.23. The molecular formula is C48H48FeN4P2+2. The summed E-state index contributed by atoms with van der Waals surface area (Å²) < 4.78 is 0. The molecule has 0 saturated heterocycles. The average molecular weight is 799 g/mol. The van der Waals surface area contributed by atoms with Crippen molar-refractivity contribution in [3.63, 3.8) is 0 Å². The van der Waals surface area contributed by atoms with Gasteiger partial charge in [-0.2, -0.15) is 5.26 Å². The Bertz CT molecular complexity index is 1910. The Morgan fingerprint density at radius 3 is 1.09 bits per heavy atom. The van der Waals surface area contributed by atoms with Gasteiger partial charge in [-0.15, -0.1) is 0 Å². The van der Waals surface area contributed by atoms with Gasteiger partial charge in [0.05, 0.1) is 34.0 Å². The Morgan fingerprint density at radius 2 is 0.800 bits per heavy atom. The Labute approximate surface area is 340 Å². The van der Waals surface area contributed by atoms with Gasteiger partial charge in [0.1, 0.15) is 31.8 Å². The molecule has 0 aromatic heterocycles. The zero-order valence-corrected chi connectivity index (χ0v) is 34.6. The molecule has 1 saturated carbocycles. The van der Waals surface area contributed by atoms with Gasteiger partial charge in [0.25, 0.3) is 0 Å². The molecule has 1 fully saturated rings. The molecule has 0 spiro atoms. The first-order valence-corrected chi connectivity index (χ1v) is 21.5. The summed E-state index contributed by atoms with van der Waals surface area (Å²) in [5.74, 6) is 0. The number of rotatable bonds is 10. The molecule has 4 nitrogen and oxygen atoms in total. The smallest absolute Gasteiger partial charge is 0.205 e. The van der Waals surface area contributed by atoms with Gasteiger partial charge in [0, 0.05) is 47.5 Å². The Balaban J connectivity index is 0.000000904. The molecule has 2 unspecified atom stereocenters. The van der Waals surface area contributed by atoms with Crippen molar-refractivity contribution in [2.45, 2.75) is 44.7 Å². The molecule has 1 aliphatic carbocycles. The van der Waals surface area contributed by atoms with E-state index in [4.69, 9.17) is 21.8 Å². The van der Waals surface area contributed by atoms with Crippen LogP contribution in [0.4, 0.5) is 0 Å². The molecule has 0 radical (unpaired) electrons. The van der Waals surface area contributed by atoms with Crippen LogP contribution in [-0.4, -0.2) is 31.6 Å². The van der Waals surface area contributed by atoms with Crippen LogP contribution < -0.4 is 31.8 Å². The molecule has 7 heteroatoms. The standard InChI is InChI=1S/C44H40N2P2.2C2H3N.Fe/c1-5-21-37(22-6-1)47(38-23-7-2-8-24-38)43-31-17-13-19-35(43)33-45-41-29-15-16-30-42(41)46-34-36-20-14-18-32-44(36)48(39-25-9-3-10-26-39)40-27-11-4-12-28-40;1-3-2;1-2-3;/h1-14,17-28,31-34,41-42H,15-16,29-30H2;2*1H3;/p+2. The number of nitriles is 1. The van der Waals surface area contributed by atoms with Crippen LogP contribution in [0.1, 0.15) is 43.7 Å². The fraction of sp³-hybridized carbons (Fsp3) is 0.167. The zero-order valence-electron chi connectivity index (χ0n) is 31.4. The first-order valence-electron chi connectivity index (χ1n) is 18.5. The van der Waals surface area contributed by atoms with Gasteiger partial charge in [-0.1, -0.05) is 110 Å². The van der Waals surface area contributed by atoms with E-state index < -0.39 is 15.8 Å². The van der Waals surface area contributed by atoms with Crippen LogP contribution in [0.15, 0.2) is 180 Å². The van der Waals surface area contributed by atoms with Crippen molar-refractivity contribution >= 4 is 60.1 Å². The van der Waals surface area contributed by atoms with Crippen LogP contribution >= 0.6 is 15.8 Å². The van der Waals surface area contributed by atoms with Crippen LogP contribution in [0.3, 0.4) is 0 Å². The maximum atomic E-state index is 7.32. The molecule has 0 bridgehead atoms. The molecule has 0 heterocycles. The minimum atomic E-state index is -1.19. The third kappa shape index (κ3) is 12.3.